The molecule has 1 aromatic carbocycles. The Hall–Kier alpha value is -1.64. The lowest BCUT2D eigenvalue weighted by Crippen LogP contribution is -2.38. The van der Waals surface area contributed by atoms with Crippen molar-refractivity contribution in [2.45, 2.75) is 31.1 Å². The lowest BCUT2D eigenvalue weighted by Gasteiger charge is -2.12. The van der Waals surface area contributed by atoms with Crippen LogP contribution in [0.4, 0.5) is 0 Å². The average molecular weight is 356 g/mol. The van der Waals surface area contributed by atoms with E-state index in [1.165, 1.54) is 12.1 Å². The zero-order valence-electron chi connectivity index (χ0n) is 14.4. The summed E-state index contributed by atoms with van der Waals surface area (Å²) in [6, 6.07) is 6.59. The number of nitrogens with one attached hydrogen (secondary N) is 2. The Morgan fingerprint density at radius 1 is 1.17 bits per heavy atom. The molecule has 0 aliphatic heterocycles. The Balaban J connectivity index is 2.27. The van der Waals surface area contributed by atoms with Crippen LogP contribution in [0.25, 0.3) is 0 Å². The number of nitrogens with two attached hydrogens (primary N) is 1. The quantitative estimate of drug-likeness (QED) is 0.327. The lowest BCUT2D eigenvalue weighted by atomic mass is 10.1. The molecule has 24 heavy (non-hydrogen) atoms. The van der Waals surface area contributed by atoms with E-state index in [4.69, 9.17) is 9.88 Å². The molecule has 1 rings (SSSR count). The van der Waals surface area contributed by atoms with Crippen molar-refractivity contribution < 1.29 is 13.2 Å². The zero-order chi connectivity index (χ0) is 17.8. The standard InChI is InChI=1S/C16H28N4O3S/c1-3-23-13-5-4-11-19-16(18-2)20-12-10-14-6-8-15(9-7-14)24(17,21)22/h6-9H,3-5,10-13H2,1-2H3,(H2,17,21,22)(H2,18,19,20). The number of ether oxygens (including phenoxy) is 1. The van der Waals surface area contributed by atoms with Crippen molar-refractivity contribution in [3.63, 3.8) is 0 Å². The Morgan fingerprint density at radius 3 is 2.42 bits per heavy atom. The Morgan fingerprint density at radius 2 is 1.83 bits per heavy atom. The number of hydrogen-bond acceptors (Lipinski definition) is 4. The largest absolute Gasteiger partial charge is 0.382 e. The molecule has 0 aliphatic rings. The minimum Gasteiger partial charge on any atom is -0.382 e. The predicted molar refractivity (Wildman–Crippen MR) is 96.6 cm³/mol. The van der Waals surface area contributed by atoms with Crippen LogP contribution >= 0.6 is 0 Å². The number of guanidine groups is 1. The molecule has 0 spiro atoms. The molecule has 0 fully saturated rings. The van der Waals surface area contributed by atoms with E-state index in [9.17, 15) is 8.42 Å². The second-order valence-corrected chi connectivity index (χ2v) is 6.83. The van der Waals surface area contributed by atoms with Gasteiger partial charge in [0.25, 0.3) is 0 Å². The van der Waals surface area contributed by atoms with Crippen LogP contribution in [0.2, 0.25) is 0 Å². The summed E-state index contributed by atoms with van der Waals surface area (Å²) in [7, 11) is -1.90. The minimum atomic E-state index is -3.63. The summed E-state index contributed by atoms with van der Waals surface area (Å²) < 4.78 is 27.7. The van der Waals surface area contributed by atoms with E-state index < -0.39 is 10.0 Å². The van der Waals surface area contributed by atoms with Crippen LogP contribution in [0.1, 0.15) is 25.3 Å². The number of hydrogen-bond donors (Lipinski definition) is 3. The first-order chi connectivity index (χ1) is 11.5. The third kappa shape index (κ3) is 8.28. The molecule has 136 valence electrons. The monoisotopic (exact) mass is 356 g/mol. The second kappa shape index (κ2) is 11.0. The van der Waals surface area contributed by atoms with Gasteiger partial charge in [-0.25, -0.2) is 13.6 Å². The molecule has 0 amide bonds. The number of rotatable bonds is 10. The van der Waals surface area contributed by atoms with Gasteiger partial charge in [-0.1, -0.05) is 12.1 Å². The van der Waals surface area contributed by atoms with E-state index in [1.54, 1.807) is 19.2 Å². The summed E-state index contributed by atoms with van der Waals surface area (Å²) in [5, 5.41) is 11.6. The van der Waals surface area contributed by atoms with Gasteiger partial charge in [-0.2, -0.15) is 0 Å². The van der Waals surface area contributed by atoms with E-state index in [0.29, 0.717) is 6.54 Å². The van der Waals surface area contributed by atoms with Gasteiger partial charge in [0.1, 0.15) is 0 Å². The molecule has 8 heteroatoms. The van der Waals surface area contributed by atoms with E-state index in [-0.39, 0.29) is 4.90 Å². The summed E-state index contributed by atoms with van der Waals surface area (Å²) >= 11 is 0. The third-order valence-electron chi connectivity index (χ3n) is 3.39. The van der Waals surface area contributed by atoms with E-state index in [2.05, 4.69) is 15.6 Å². The fourth-order valence-corrected chi connectivity index (χ4v) is 2.59. The highest BCUT2D eigenvalue weighted by Gasteiger charge is 2.06. The summed E-state index contributed by atoms with van der Waals surface area (Å²) in [5.74, 6) is 0.757. The molecule has 0 unspecified atom stereocenters. The average Bonchev–Trinajstić information content (AvgIpc) is 2.56. The highest BCUT2D eigenvalue weighted by Crippen LogP contribution is 2.08. The summed E-state index contributed by atoms with van der Waals surface area (Å²) in [4.78, 5) is 4.30. The van der Waals surface area contributed by atoms with Crippen molar-refractivity contribution >= 4 is 16.0 Å². The first kappa shape index (κ1) is 20.4. The van der Waals surface area contributed by atoms with Gasteiger partial charge in [-0.15, -0.1) is 0 Å². The maximum atomic E-state index is 11.2. The first-order valence-corrected chi connectivity index (χ1v) is 9.66. The number of sulfonamides is 1. The van der Waals surface area contributed by atoms with Crippen LogP contribution < -0.4 is 15.8 Å². The van der Waals surface area contributed by atoms with Gasteiger partial charge in [0, 0.05) is 33.4 Å². The Labute approximate surface area is 144 Å². The number of primary sulfonamides is 1. The topological polar surface area (TPSA) is 106 Å². The van der Waals surface area contributed by atoms with Gasteiger partial charge in [0.2, 0.25) is 10.0 Å². The second-order valence-electron chi connectivity index (χ2n) is 5.27. The van der Waals surface area contributed by atoms with Crippen LogP contribution in [-0.2, 0) is 21.2 Å². The first-order valence-electron chi connectivity index (χ1n) is 8.11. The highest BCUT2D eigenvalue weighted by atomic mass is 32.2. The van der Waals surface area contributed by atoms with Crippen molar-refractivity contribution in [3.05, 3.63) is 29.8 Å². The van der Waals surface area contributed by atoms with Gasteiger partial charge in [0.15, 0.2) is 5.96 Å². The molecule has 0 radical (unpaired) electrons. The van der Waals surface area contributed by atoms with Crippen LogP contribution in [0.3, 0.4) is 0 Å². The van der Waals surface area contributed by atoms with Crippen molar-refractivity contribution in [1.82, 2.24) is 10.6 Å². The summed E-state index contributed by atoms with van der Waals surface area (Å²) in [6.45, 7) is 5.09. The molecule has 0 bridgehead atoms. The molecule has 1 aromatic rings. The van der Waals surface area contributed by atoms with Crippen molar-refractivity contribution in [2.75, 3.05) is 33.4 Å². The minimum absolute atomic E-state index is 0.128. The maximum Gasteiger partial charge on any atom is 0.238 e. The zero-order valence-corrected chi connectivity index (χ0v) is 15.2. The molecule has 7 nitrogen and oxygen atoms in total. The number of aliphatic imine (C=N–C) groups is 1. The SMILES string of the molecule is CCOCCCCNC(=NC)NCCc1ccc(S(N)(=O)=O)cc1. The highest BCUT2D eigenvalue weighted by molar-refractivity contribution is 7.89. The molecule has 4 N–H and O–H groups in total. The fourth-order valence-electron chi connectivity index (χ4n) is 2.07. The third-order valence-corrected chi connectivity index (χ3v) is 4.32. The van der Waals surface area contributed by atoms with E-state index in [0.717, 1.165) is 50.5 Å². The van der Waals surface area contributed by atoms with Crippen molar-refractivity contribution in [1.29, 1.82) is 0 Å². The fraction of sp³-hybridized carbons (Fsp3) is 0.562. The van der Waals surface area contributed by atoms with Crippen molar-refractivity contribution in [2.24, 2.45) is 10.1 Å². The van der Waals surface area contributed by atoms with Crippen LogP contribution in [-0.4, -0.2) is 47.7 Å². The molecule has 0 aromatic heterocycles. The molecule has 0 saturated heterocycles. The predicted octanol–water partition coefficient (Wildman–Crippen LogP) is 0.858. The van der Waals surface area contributed by atoms with Gasteiger partial charge in [0.05, 0.1) is 4.90 Å². The van der Waals surface area contributed by atoms with E-state index >= 15 is 0 Å². The number of benzene rings is 1. The number of nitrogens with zero attached hydrogens (tertiary/aromatic N) is 1. The van der Waals surface area contributed by atoms with Gasteiger partial charge < -0.3 is 15.4 Å². The summed E-state index contributed by atoms with van der Waals surface area (Å²) in [6.07, 6.45) is 2.81. The van der Waals surface area contributed by atoms with Crippen molar-refractivity contribution in [3.8, 4) is 0 Å². The van der Waals surface area contributed by atoms with E-state index in [1.807, 2.05) is 6.92 Å². The van der Waals surface area contributed by atoms with Gasteiger partial charge >= 0.3 is 0 Å². The molecular formula is C16H28N4O3S. The van der Waals surface area contributed by atoms with Gasteiger partial charge in [-0.3, -0.25) is 4.99 Å². The van der Waals surface area contributed by atoms with Crippen LogP contribution in [0, 0.1) is 0 Å². The maximum absolute atomic E-state index is 11.2. The molecular weight excluding hydrogens is 328 g/mol. The molecule has 0 atom stereocenters. The molecule has 0 saturated carbocycles. The Bertz CT molecular complexity index is 600. The van der Waals surface area contributed by atoms with Crippen LogP contribution in [0.15, 0.2) is 34.2 Å². The van der Waals surface area contributed by atoms with Gasteiger partial charge in [-0.05, 0) is 43.9 Å². The Kier molecular flexibility index (Phi) is 9.36. The molecule has 0 aliphatic carbocycles. The smallest absolute Gasteiger partial charge is 0.238 e. The molecule has 0 heterocycles. The normalized spacial score (nSPS) is 12.2. The lowest BCUT2D eigenvalue weighted by molar-refractivity contribution is 0.143. The number of unbranched alkanes of at least 4 members (excludes halogenated alkanes) is 1. The summed E-state index contributed by atoms with van der Waals surface area (Å²) in [5.41, 5.74) is 1.03. The van der Waals surface area contributed by atoms with Crippen LogP contribution in [0.5, 0.6) is 0 Å².